The van der Waals surface area contributed by atoms with Crippen LogP contribution in [0.5, 0.6) is 0 Å². The zero-order valence-electron chi connectivity index (χ0n) is 12.0. The molecule has 1 fully saturated rings. The van der Waals surface area contributed by atoms with Gasteiger partial charge in [-0.25, -0.2) is 9.78 Å². The molecule has 1 amide bonds. The predicted octanol–water partition coefficient (Wildman–Crippen LogP) is 2.33. The summed E-state index contributed by atoms with van der Waals surface area (Å²) in [5.41, 5.74) is 3.35. The van der Waals surface area contributed by atoms with E-state index in [1.807, 2.05) is 10.6 Å². The van der Waals surface area contributed by atoms with Gasteiger partial charge < -0.3 is 19.7 Å². The monoisotopic (exact) mass is 289 g/mol. The van der Waals surface area contributed by atoms with E-state index in [2.05, 4.69) is 22.4 Å². The highest BCUT2D eigenvalue weighted by Gasteiger charge is 2.24. The number of carbonyl (C=O) groups is 1. The fourth-order valence-corrected chi connectivity index (χ4v) is 2.61. The van der Waals surface area contributed by atoms with Gasteiger partial charge in [0.1, 0.15) is 12.6 Å². The normalized spacial score (nSPS) is 14.5. The average Bonchev–Trinajstić information content (AvgIpc) is 3.24. The van der Waals surface area contributed by atoms with Crippen LogP contribution in [0.4, 0.5) is 4.79 Å². The number of nitrogens with zero attached hydrogens (tertiary/aromatic N) is 2. The van der Waals surface area contributed by atoms with Crippen molar-refractivity contribution in [3.63, 3.8) is 0 Å². The number of carboxylic acid groups (broad SMARTS) is 1. The van der Waals surface area contributed by atoms with Crippen LogP contribution < -0.4 is 5.32 Å². The molecule has 1 aromatic heterocycles. The van der Waals surface area contributed by atoms with Crippen molar-refractivity contribution in [2.24, 2.45) is 0 Å². The van der Waals surface area contributed by atoms with E-state index in [9.17, 15) is 4.79 Å². The Balaban J connectivity index is 1.90. The zero-order valence-corrected chi connectivity index (χ0v) is 12.0. The van der Waals surface area contributed by atoms with Crippen molar-refractivity contribution >= 4 is 17.1 Å². The minimum atomic E-state index is -1.01. The fraction of sp³-hybridized carbons (Fsp3) is 0.467. The van der Waals surface area contributed by atoms with Crippen LogP contribution in [-0.4, -0.2) is 34.4 Å². The maximum Gasteiger partial charge on any atom is 0.404 e. The Morgan fingerprint density at radius 3 is 3.00 bits per heavy atom. The SMILES string of the molecule is COCn1c(CCNC(=O)O)nc2ccc(C3CC3)cc21. The summed E-state index contributed by atoms with van der Waals surface area (Å²) >= 11 is 0. The smallest absolute Gasteiger partial charge is 0.404 e. The lowest BCUT2D eigenvalue weighted by Gasteiger charge is -2.08. The van der Waals surface area contributed by atoms with Crippen LogP contribution in [0.3, 0.4) is 0 Å². The number of nitrogens with one attached hydrogen (secondary N) is 1. The second-order valence-corrected chi connectivity index (χ2v) is 5.38. The van der Waals surface area contributed by atoms with Crippen molar-refractivity contribution in [2.45, 2.75) is 31.9 Å². The molecule has 1 aromatic carbocycles. The van der Waals surface area contributed by atoms with E-state index in [0.717, 1.165) is 16.9 Å². The second kappa shape index (κ2) is 5.73. The van der Waals surface area contributed by atoms with Crippen molar-refractivity contribution in [1.82, 2.24) is 14.9 Å². The molecule has 1 aliphatic rings. The topological polar surface area (TPSA) is 76.4 Å². The quantitative estimate of drug-likeness (QED) is 0.855. The van der Waals surface area contributed by atoms with Crippen LogP contribution in [0.2, 0.25) is 0 Å². The van der Waals surface area contributed by atoms with Gasteiger partial charge in [0.05, 0.1) is 11.0 Å². The van der Waals surface area contributed by atoms with Crippen molar-refractivity contribution in [3.8, 4) is 0 Å². The highest BCUT2D eigenvalue weighted by atomic mass is 16.5. The Labute approximate surface area is 122 Å². The summed E-state index contributed by atoms with van der Waals surface area (Å²) in [7, 11) is 1.65. The number of fused-ring (bicyclic) bond motifs is 1. The first kappa shape index (κ1) is 13.9. The largest absolute Gasteiger partial charge is 0.465 e. The number of hydrogen-bond acceptors (Lipinski definition) is 3. The highest BCUT2D eigenvalue weighted by molar-refractivity contribution is 5.77. The molecular formula is C15H19N3O3. The molecule has 6 nitrogen and oxygen atoms in total. The molecule has 1 heterocycles. The van der Waals surface area contributed by atoms with Crippen LogP contribution in [-0.2, 0) is 17.9 Å². The Kier molecular flexibility index (Phi) is 3.79. The van der Waals surface area contributed by atoms with Gasteiger partial charge >= 0.3 is 6.09 Å². The number of aromatic nitrogens is 2. The van der Waals surface area contributed by atoms with Gasteiger partial charge in [0.15, 0.2) is 0 Å². The molecule has 0 atom stereocenters. The number of ether oxygens (including phenoxy) is 1. The lowest BCUT2D eigenvalue weighted by atomic mass is 10.1. The van der Waals surface area contributed by atoms with E-state index in [-0.39, 0.29) is 0 Å². The molecule has 2 aromatic rings. The van der Waals surface area contributed by atoms with Gasteiger partial charge in [0.25, 0.3) is 0 Å². The van der Waals surface area contributed by atoms with Crippen molar-refractivity contribution < 1.29 is 14.6 Å². The number of benzene rings is 1. The zero-order chi connectivity index (χ0) is 14.8. The summed E-state index contributed by atoms with van der Waals surface area (Å²) in [5.74, 6) is 1.53. The van der Waals surface area contributed by atoms with Crippen LogP contribution >= 0.6 is 0 Å². The summed E-state index contributed by atoms with van der Waals surface area (Å²) in [6, 6.07) is 6.37. The van der Waals surface area contributed by atoms with E-state index in [4.69, 9.17) is 9.84 Å². The lowest BCUT2D eigenvalue weighted by Crippen LogP contribution is -2.24. The Hall–Kier alpha value is -2.08. The Morgan fingerprint density at radius 2 is 2.33 bits per heavy atom. The van der Waals surface area contributed by atoms with Gasteiger partial charge in [-0.1, -0.05) is 6.07 Å². The third-order valence-corrected chi connectivity index (χ3v) is 3.78. The predicted molar refractivity (Wildman–Crippen MR) is 78.4 cm³/mol. The summed E-state index contributed by atoms with van der Waals surface area (Å²) in [6.07, 6.45) is 2.06. The molecule has 0 aliphatic heterocycles. The highest BCUT2D eigenvalue weighted by Crippen LogP contribution is 2.40. The minimum Gasteiger partial charge on any atom is -0.465 e. The van der Waals surface area contributed by atoms with E-state index in [0.29, 0.717) is 25.6 Å². The maximum atomic E-state index is 10.5. The van der Waals surface area contributed by atoms with Crippen molar-refractivity contribution in [3.05, 3.63) is 29.6 Å². The van der Waals surface area contributed by atoms with Crippen LogP contribution in [0.25, 0.3) is 11.0 Å². The van der Waals surface area contributed by atoms with Gasteiger partial charge in [0.2, 0.25) is 0 Å². The Morgan fingerprint density at radius 1 is 1.52 bits per heavy atom. The molecule has 1 saturated carbocycles. The molecule has 2 N–H and O–H groups in total. The van der Waals surface area contributed by atoms with Crippen LogP contribution in [0, 0.1) is 0 Å². The maximum absolute atomic E-state index is 10.5. The third kappa shape index (κ3) is 3.00. The molecule has 21 heavy (non-hydrogen) atoms. The number of methoxy groups -OCH3 is 1. The summed E-state index contributed by atoms with van der Waals surface area (Å²) in [4.78, 5) is 15.1. The molecular weight excluding hydrogens is 270 g/mol. The molecule has 0 spiro atoms. The van der Waals surface area contributed by atoms with Gasteiger partial charge in [-0.2, -0.15) is 0 Å². The average molecular weight is 289 g/mol. The number of rotatable bonds is 6. The summed E-state index contributed by atoms with van der Waals surface area (Å²) < 4.78 is 7.28. The molecule has 0 radical (unpaired) electrons. The molecule has 3 rings (SSSR count). The second-order valence-electron chi connectivity index (χ2n) is 5.38. The van der Waals surface area contributed by atoms with Gasteiger partial charge in [-0.15, -0.1) is 0 Å². The minimum absolute atomic E-state index is 0.345. The molecule has 112 valence electrons. The van der Waals surface area contributed by atoms with Gasteiger partial charge in [0, 0.05) is 20.1 Å². The summed E-state index contributed by atoms with van der Waals surface area (Å²) in [5, 5.41) is 11.0. The van der Waals surface area contributed by atoms with E-state index < -0.39 is 6.09 Å². The van der Waals surface area contributed by atoms with Crippen LogP contribution in [0.1, 0.15) is 30.1 Å². The standard InChI is InChI=1S/C15H19N3O3/c1-21-9-18-13-8-11(10-2-3-10)4-5-12(13)17-14(18)6-7-16-15(19)20/h4-5,8,10,16H,2-3,6-7,9H2,1H3,(H,19,20). The van der Waals surface area contributed by atoms with E-state index >= 15 is 0 Å². The molecule has 0 saturated heterocycles. The molecule has 1 aliphatic carbocycles. The summed E-state index contributed by atoms with van der Waals surface area (Å²) in [6.45, 7) is 0.769. The van der Waals surface area contributed by atoms with E-state index in [1.165, 1.54) is 18.4 Å². The molecule has 6 heteroatoms. The number of hydrogen-bond donors (Lipinski definition) is 2. The Bertz CT molecular complexity index is 661. The van der Waals surface area contributed by atoms with Crippen LogP contribution in [0.15, 0.2) is 18.2 Å². The van der Waals surface area contributed by atoms with Crippen molar-refractivity contribution in [1.29, 1.82) is 0 Å². The lowest BCUT2D eigenvalue weighted by molar-refractivity contribution is 0.132. The fourth-order valence-electron chi connectivity index (χ4n) is 2.61. The first-order chi connectivity index (χ1) is 10.2. The van der Waals surface area contributed by atoms with E-state index in [1.54, 1.807) is 7.11 Å². The third-order valence-electron chi connectivity index (χ3n) is 3.78. The molecule has 0 bridgehead atoms. The van der Waals surface area contributed by atoms with Gasteiger partial charge in [-0.05, 0) is 36.5 Å². The first-order valence-electron chi connectivity index (χ1n) is 7.14. The first-order valence-corrected chi connectivity index (χ1v) is 7.14. The van der Waals surface area contributed by atoms with Gasteiger partial charge in [-0.3, -0.25) is 0 Å². The number of imidazole rings is 1. The van der Waals surface area contributed by atoms with Crippen molar-refractivity contribution in [2.75, 3.05) is 13.7 Å². The number of amides is 1. The molecule has 0 unspecified atom stereocenters.